The zero-order chi connectivity index (χ0) is 20.1. The topological polar surface area (TPSA) is 54.0 Å². The van der Waals surface area contributed by atoms with Crippen molar-refractivity contribution in [3.8, 4) is 0 Å². The first kappa shape index (κ1) is 20.5. The summed E-state index contributed by atoms with van der Waals surface area (Å²) in [5.74, 6) is -0.443. The maximum atomic E-state index is 13.5. The van der Waals surface area contributed by atoms with Gasteiger partial charge in [-0.05, 0) is 43.0 Å². The van der Waals surface area contributed by atoms with Crippen LogP contribution in [0.1, 0.15) is 48.0 Å². The standard InChI is InChI=1S/C20H21ClF3N3O/c21-14-7-4-8-15(9-14)27-18-10-17(20(22,23)24)16(12-25-18)19(28)26-11-13-5-2-1-3-6-13/h4,7-10,12-13H,1-3,5-6,11H2,(H,25,27)(H,26,28). The third kappa shape index (κ3) is 5.38. The summed E-state index contributed by atoms with van der Waals surface area (Å²) in [7, 11) is 0. The summed E-state index contributed by atoms with van der Waals surface area (Å²) >= 11 is 5.89. The monoisotopic (exact) mass is 411 g/mol. The maximum Gasteiger partial charge on any atom is 0.417 e. The molecule has 8 heteroatoms. The average Bonchev–Trinajstić information content (AvgIpc) is 2.66. The zero-order valence-corrected chi connectivity index (χ0v) is 15.9. The van der Waals surface area contributed by atoms with Crippen molar-refractivity contribution < 1.29 is 18.0 Å². The molecule has 4 nitrogen and oxygen atoms in total. The largest absolute Gasteiger partial charge is 0.417 e. The molecule has 2 aromatic rings. The van der Waals surface area contributed by atoms with Gasteiger partial charge in [-0.2, -0.15) is 13.2 Å². The van der Waals surface area contributed by atoms with Crippen LogP contribution >= 0.6 is 11.6 Å². The van der Waals surface area contributed by atoms with E-state index in [0.717, 1.165) is 37.9 Å². The molecule has 0 atom stereocenters. The lowest BCUT2D eigenvalue weighted by Gasteiger charge is -2.22. The number of hydrogen-bond donors (Lipinski definition) is 2. The smallest absolute Gasteiger partial charge is 0.352 e. The van der Waals surface area contributed by atoms with Crippen LogP contribution in [0, 0.1) is 5.92 Å². The maximum absolute atomic E-state index is 13.5. The van der Waals surface area contributed by atoms with E-state index in [9.17, 15) is 18.0 Å². The lowest BCUT2D eigenvalue weighted by molar-refractivity contribution is -0.137. The number of nitrogens with one attached hydrogen (secondary N) is 2. The predicted octanol–water partition coefficient (Wildman–Crippen LogP) is 5.81. The number of halogens is 4. The van der Waals surface area contributed by atoms with Crippen molar-refractivity contribution >= 4 is 29.0 Å². The molecule has 1 heterocycles. The van der Waals surface area contributed by atoms with E-state index in [-0.39, 0.29) is 5.82 Å². The van der Waals surface area contributed by atoms with Crippen molar-refractivity contribution in [2.45, 2.75) is 38.3 Å². The fraction of sp³-hybridized carbons (Fsp3) is 0.400. The van der Waals surface area contributed by atoms with Crippen molar-refractivity contribution in [3.63, 3.8) is 0 Å². The second-order valence-electron chi connectivity index (χ2n) is 6.96. The highest BCUT2D eigenvalue weighted by Crippen LogP contribution is 2.34. The van der Waals surface area contributed by atoms with Crippen LogP contribution in [0.25, 0.3) is 0 Å². The third-order valence-corrected chi connectivity index (χ3v) is 5.06. The van der Waals surface area contributed by atoms with Crippen LogP contribution in [-0.4, -0.2) is 17.4 Å². The minimum absolute atomic E-state index is 0.0153. The summed E-state index contributed by atoms with van der Waals surface area (Å²) in [5.41, 5.74) is -0.990. The molecule has 2 N–H and O–H groups in total. The van der Waals surface area contributed by atoms with Crippen molar-refractivity contribution in [2.24, 2.45) is 5.92 Å². The number of carbonyl (C=O) groups excluding carboxylic acids is 1. The zero-order valence-electron chi connectivity index (χ0n) is 15.2. The molecular formula is C20H21ClF3N3O. The summed E-state index contributed by atoms with van der Waals surface area (Å²) < 4.78 is 40.6. The molecule has 1 saturated carbocycles. The van der Waals surface area contributed by atoms with Gasteiger partial charge in [-0.25, -0.2) is 4.98 Å². The van der Waals surface area contributed by atoms with Gasteiger partial charge < -0.3 is 10.6 Å². The highest BCUT2D eigenvalue weighted by Gasteiger charge is 2.36. The highest BCUT2D eigenvalue weighted by molar-refractivity contribution is 6.30. The molecule has 0 saturated heterocycles. The number of anilines is 2. The van der Waals surface area contributed by atoms with Crippen molar-refractivity contribution in [3.05, 3.63) is 52.7 Å². The Labute approximate surface area is 166 Å². The number of pyridine rings is 1. The number of alkyl halides is 3. The molecule has 1 aliphatic rings. The van der Waals surface area contributed by atoms with Crippen LogP contribution in [0.4, 0.5) is 24.7 Å². The van der Waals surface area contributed by atoms with Gasteiger partial charge in [0.25, 0.3) is 5.91 Å². The number of aromatic nitrogens is 1. The van der Waals surface area contributed by atoms with Gasteiger partial charge in [-0.1, -0.05) is 36.9 Å². The molecule has 1 aliphatic carbocycles. The van der Waals surface area contributed by atoms with Gasteiger partial charge >= 0.3 is 6.18 Å². The van der Waals surface area contributed by atoms with Crippen LogP contribution in [0.15, 0.2) is 36.5 Å². The Morgan fingerprint density at radius 1 is 1.18 bits per heavy atom. The number of hydrogen-bond acceptors (Lipinski definition) is 3. The Balaban J connectivity index is 1.77. The van der Waals surface area contributed by atoms with E-state index in [0.29, 0.717) is 23.2 Å². The number of benzene rings is 1. The minimum atomic E-state index is -4.68. The van der Waals surface area contributed by atoms with E-state index in [1.165, 1.54) is 6.42 Å². The second kappa shape index (κ2) is 8.82. The van der Waals surface area contributed by atoms with E-state index in [1.807, 2.05) is 0 Å². The van der Waals surface area contributed by atoms with Crippen LogP contribution in [0.5, 0.6) is 0 Å². The van der Waals surface area contributed by atoms with Crippen molar-refractivity contribution in [1.82, 2.24) is 10.3 Å². The van der Waals surface area contributed by atoms with Crippen LogP contribution in [-0.2, 0) is 6.18 Å². The summed E-state index contributed by atoms with van der Waals surface area (Å²) in [6, 6.07) is 7.40. The number of rotatable bonds is 5. The summed E-state index contributed by atoms with van der Waals surface area (Å²) in [5, 5.41) is 5.87. The lowest BCUT2D eigenvalue weighted by atomic mass is 9.89. The van der Waals surface area contributed by atoms with Gasteiger partial charge in [0, 0.05) is 23.5 Å². The molecular weight excluding hydrogens is 391 g/mol. The first-order valence-corrected chi connectivity index (χ1v) is 9.59. The van der Waals surface area contributed by atoms with E-state index in [4.69, 9.17) is 11.6 Å². The summed E-state index contributed by atoms with van der Waals surface area (Å²) in [6.07, 6.45) is 1.64. The first-order chi connectivity index (χ1) is 13.3. The Morgan fingerprint density at radius 2 is 1.93 bits per heavy atom. The average molecular weight is 412 g/mol. The van der Waals surface area contributed by atoms with Gasteiger partial charge in [0.15, 0.2) is 0 Å². The third-order valence-electron chi connectivity index (χ3n) is 4.83. The molecule has 28 heavy (non-hydrogen) atoms. The molecule has 0 aliphatic heterocycles. The molecule has 1 aromatic carbocycles. The molecule has 1 fully saturated rings. The second-order valence-corrected chi connectivity index (χ2v) is 7.40. The van der Waals surface area contributed by atoms with E-state index < -0.39 is 23.2 Å². The van der Waals surface area contributed by atoms with Gasteiger partial charge in [0.05, 0.1) is 11.1 Å². The fourth-order valence-corrected chi connectivity index (χ4v) is 3.57. The van der Waals surface area contributed by atoms with E-state index in [1.54, 1.807) is 24.3 Å². The fourth-order valence-electron chi connectivity index (χ4n) is 3.38. The number of amides is 1. The Morgan fingerprint density at radius 3 is 2.61 bits per heavy atom. The van der Waals surface area contributed by atoms with E-state index >= 15 is 0 Å². The minimum Gasteiger partial charge on any atom is -0.352 e. The molecule has 1 amide bonds. The first-order valence-electron chi connectivity index (χ1n) is 9.21. The van der Waals surface area contributed by atoms with Crippen molar-refractivity contribution in [2.75, 3.05) is 11.9 Å². The molecule has 0 radical (unpaired) electrons. The SMILES string of the molecule is O=C(NCC1CCCCC1)c1cnc(Nc2cccc(Cl)c2)cc1C(F)(F)F. The van der Waals surface area contributed by atoms with Gasteiger partial charge in [-0.15, -0.1) is 0 Å². The molecule has 3 rings (SSSR count). The normalized spacial score (nSPS) is 15.3. The number of nitrogens with zero attached hydrogens (tertiary/aromatic N) is 1. The molecule has 0 unspecified atom stereocenters. The Kier molecular flexibility index (Phi) is 6.44. The quantitative estimate of drug-likeness (QED) is 0.653. The predicted molar refractivity (Wildman–Crippen MR) is 103 cm³/mol. The Bertz CT molecular complexity index is 836. The van der Waals surface area contributed by atoms with Crippen LogP contribution < -0.4 is 10.6 Å². The lowest BCUT2D eigenvalue weighted by Crippen LogP contribution is -2.32. The summed E-state index contributed by atoms with van der Waals surface area (Å²) in [6.45, 7) is 0.388. The molecule has 1 aromatic heterocycles. The molecule has 150 valence electrons. The number of carbonyl (C=O) groups is 1. The van der Waals surface area contributed by atoms with E-state index in [2.05, 4.69) is 15.6 Å². The van der Waals surface area contributed by atoms with Crippen LogP contribution in [0.2, 0.25) is 5.02 Å². The molecule has 0 bridgehead atoms. The molecule has 0 spiro atoms. The van der Waals surface area contributed by atoms with Gasteiger partial charge in [-0.3, -0.25) is 4.79 Å². The van der Waals surface area contributed by atoms with Crippen LogP contribution in [0.3, 0.4) is 0 Å². The van der Waals surface area contributed by atoms with Gasteiger partial charge in [0.1, 0.15) is 5.82 Å². The highest BCUT2D eigenvalue weighted by atomic mass is 35.5. The van der Waals surface area contributed by atoms with Crippen molar-refractivity contribution in [1.29, 1.82) is 0 Å². The van der Waals surface area contributed by atoms with Gasteiger partial charge in [0.2, 0.25) is 0 Å². The Hall–Kier alpha value is -2.28. The summed E-state index contributed by atoms with van der Waals surface area (Å²) in [4.78, 5) is 16.4.